The number of carbonyl (C=O) groups excluding carboxylic acids is 1. The molecule has 168 valence electrons. The normalized spacial score (nSPS) is 14.0. The summed E-state index contributed by atoms with van der Waals surface area (Å²) in [5.41, 5.74) is 2.83. The molecule has 0 aliphatic heterocycles. The maximum absolute atomic E-state index is 12.7. The summed E-state index contributed by atoms with van der Waals surface area (Å²) in [7, 11) is 0. The molecule has 1 fully saturated rings. The van der Waals surface area contributed by atoms with E-state index in [1.165, 1.54) is 11.3 Å². The van der Waals surface area contributed by atoms with Gasteiger partial charge in [-0.2, -0.15) is 0 Å². The summed E-state index contributed by atoms with van der Waals surface area (Å²) in [6.45, 7) is 1.84. The molecule has 5 rings (SSSR count). The zero-order chi connectivity index (χ0) is 22.9. The van der Waals surface area contributed by atoms with E-state index in [0.717, 1.165) is 41.8 Å². The second-order valence-corrected chi connectivity index (χ2v) is 9.85. The minimum absolute atomic E-state index is 0.167. The monoisotopic (exact) mass is 497 g/mol. The number of ketones is 1. The average molecular weight is 498 g/mol. The number of aryl methyl sites for hydroxylation is 1. The molecule has 2 aromatic carbocycles. The van der Waals surface area contributed by atoms with E-state index in [0.29, 0.717) is 38.0 Å². The van der Waals surface area contributed by atoms with Crippen LogP contribution >= 0.6 is 34.5 Å². The topological polar surface area (TPSA) is 79.8 Å². The number of fused-ring (bicyclic) bond motifs is 1. The molecular formula is C24H21Cl2N5OS. The molecule has 0 amide bonds. The molecule has 2 N–H and O–H groups in total. The third kappa shape index (κ3) is 4.67. The first kappa shape index (κ1) is 22.1. The number of thiazole rings is 1. The van der Waals surface area contributed by atoms with Crippen LogP contribution in [-0.4, -0.2) is 20.7 Å². The highest BCUT2D eigenvalue weighted by atomic mass is 35.5. The number of nitrogens with one attached hydrogen (secondary N) is 2. The summed E-state index contributed by atoms with van der Waals surface area (Å²) in [6.07, 6.45) is 4.28. The lowest BCUT2D eigenvalue weighted by molar-refractivity contribution is 0.0923. The molecule has 1 aliphatic carbocycles. The number of para-hydroxylation sites is 1. The molecule has 1 saturated carbocycles. The lowest BCUT2D eigenvalue weighted by atomic mass is 9.96. The smallest absolute Gasteiger partial charge is 0.190 e. The third-order valence-corrected chi connectivity index (χ3v) is 7.22. The Kier molecular flexibility index (Phi) is 6.19. The number of halogens is 2. The van der Waals surface area contributed by atoms with E-state index in [-0.39, 0.29) is 11.7 Å². The predicted molar refractivity (Wildman–Crippen MR) is 136 cm³/mol. The molecule has 4 aromatic rings. The van der Waals surface area contributed by atoms with Crippen LogP contribution in [0.2, 0.25) is 10.0 Å². The van der Waals surface area contributed by atoms with E-state index in [1.54, 1.807) is 18.2 Å². The molecule has 9 heteroatoms. The summed E-state index contributed by atoms with van der Waals surface area (Å²) in [5.74, 6) is 1.64. The van der Waals surface area contributed by atoms with Crippen molar-refractivity contribution in [1.82, 2.24) is 15.0 Å². The Morgan fingerprint density at radius 1 is 0.970 bits per heavy atom. The number of anilines is 4. The van der Waals surface area contributed by atoms with Crippen molar-refractivity contribution in [2.45, 2.75) is 32.6 Å². The summed E-state index contributed by atoms with van der Waals surface area (Å²) >= 11 is 14.0. The van der Waals surface area contributed by atoms with E-state index < -0.39 is 0 Å². The number of aromatic nitrogens is 3. The molecule has 0 spiro atoms. The molecule has 2 heterocycles. The van der Waals surface area contributed by atoms with Crippen LogP contribution in [0, 0.1) is 12.8 Å². The fourth-order valence-electron chi connectivity index (χ4n) is 4.07. The molecule has 2 aromatic heterocycles. The van der Waals surface area contributed by atoms with Crippen LogP contribution in [-0.2, 0) is 0 Å². The van der Waals surface area contributed by atoms with E-state index in [4.69, 9.17) is 23.2 Å². The van der Waals surface area contributed by atoms with Crippen molar-refractivity contribution in [3.05, 3.63) is 63.9 Å². The maximum atomic E-state index is 12.7. The van der Waals surface area contributed by atoms with Gasteiger partial charge >= 0.3 is 0 Å². The van der Waals surface area contributed by atoms with Crippen LogP contribution in [0.5, 0.6) is 0 Å². The lowest BCUT2D eigenvalue weighted by Crippen LogP contribution is -2.10. The first-order chi connectivity index (χ1) is 16.0. The zero-order valence-corrected chi connectivity index (χ0v) is 20.2. The first-order valence-corrected chi connectivity index (χ1v) is 12.3. The molecule has 0 atom stereocenters. The molecule has 6 nitrogen and oxygen atoms in total. The van der Waals surface area contributed by atoms with Gasteiger partial charge in [-0.05, 0) is 56.2 Å². The Morgan fingerprint density at radius 3 is 2.36 bits per heavy atom. The van der Waals surface area contributed by atoms with Crippen molar-refractivity contribution in [3.63, 3.8) is 0 Å². The number of benzene rings is 2. The summed E-state index contributed by atoms with van der Waals surface area (Å²) in [6, 6.07) is 12.9. The zero-order valence-electron chi connectivity index (χ0n) is 17.9. The molecule has 0 unspecified atom stereocenters. The number of rotatable bonds is 6. The standard InChI is InChI=1S/C24H21Cl2N5OS/c1-13-27-22(29-16-11-9-15(10-12-16)21(32)14-5-2-3-6-14)20-23(28-13)33-24(31-20)30-19-17(25)7-4-8-18(19)26/h4,7-12,14H,2-3,5-6H2,1H3,(H,30,31)(H,27,28,29). The second kappa shape index (κ2) is 9.25. The van der Waals surface area contributed by atoms with Crippen molar-refractivity contribution >= 4 is 73.0 Å². The van der Waals surface area contributed by atoms with E-state index in [2.05, 4.69) is 25.6 Å². The highest BCUT2D eigenvalue weighted by Crippen LogP contribution is 2.36. The van der Waals surface area contributed by atoms with Gasteiger partial charge in [0.05, 0.1) is 15.7 Å². The van der Waals surface area contributed by atoms with E-state index >= 15 is 0 Å². The van der Waals surface area contributed by atoms with Crippen LogP contribution in [0.3, 0.4) is 0 Å². The van der Waals surface area contributed by atoms with Gasteiger partial charge in [0.25, 0.3) is 0 Å². The SMILES string of the molecule is Cc1nc(Nc2ccc(C(=O)C3CCCC3)cc2)c2nc(Nc3c(Cl)cccc3Cl)sc2n1. The van der Waals surface area contributed by atoms with Gasteiger partial charge in [-0.1, -0.05) is 53.4 Å². The van der Waals surface area contributed by atoms with E-state index in [1.807, 2.05) is 31.2 Å². The second-order valence-electron chi connectivity index (χ2n) is 8.06. The van der Waals surface area contributed by atoms with Crippen molar-refractivity contribution in [3.8, 4) is 0 Å². The van der Waals surface area contributed by atoms with Gasteiger partial charge in [0.15, 0.2) is 21.6 Å². The summed E-state index contributed by atoms with van der Waals surface area (Å²) in [4.78, 5) is 27.1. The molecule has 0 radical (unpaired) electrons. The van der Waals surface area contributed by atoms with Crippen molar-refractivity contribution in [2.75, 3.05) is 10.6 Å². The lowest BCUT2D eigenvalue weighted by Gasteiger charge is -2.10. The Hall–Kier alpha value is -2.74. The van der Waals surface area contributed by atoms with Crippen LogP contribution in [0.4, 0.5) is 22.3 Å². The van der Waals surface area contributed by atoms with Crippen molar-refractivity contribution in [1.29, 1.82) is 0 Å². The Balaban J connectivity index is 1.40. The van der Waals surface area contributed by atoms with Gasteiger partial charge in [-0.15, -0.1) is 0 Å². The maximum Gasteiger partial charge on any atom is 0.190 e. The largest absolute Gasteiger partial charge is 0.338 e. The highest BCUT2D eigenvalue weighted by Gasteiger charge is 2.23. The minimum Gasteiger partial charge on any atom is -0.338 e. The third-order valence-electron chi connectivity index (χ3n) is 5.72. The number of hydrogen-bond acceptors (Lipinski definition) is 7. The molecule has 0 bridgehead atoms. The molecular weight excluding hydrogens is 477 g/mol. The molecule has 33 heavy (non-hydrogen) atoms. The fourth-order valence-corrected chi connectivity index (χ4v) is 5.45. The van der Waals surface area contributed by atoms with Crippen LogP contribution in [0.15, 0.2) is 42.5 Å². The van der Waals surface area contributed by atoms with Gasteiger partial charge in [0.1, 0.15) is 11.3 Å². The van der Waals surface area contributed by atoms with Crippen molar-refractivity contribution in [2.24, 2.45) is 5.92 Å². The summed E-state index contributed by atoms with van der Waals surface area (Å²) < 4.78 is 0. The van der Waals surface area contributed by atoms with E-state index in [9.17, 15) is 4.79 Å². The van der Waals surface area contributed by atoms with Crippen LogP contribution in [0.25, 0.3) is 10.3 Å². The highest BCUT2D eigenvalue weighted by molar-refractivity contribution is 7.21. The molecule has 1 aliphatic rings. The first-order valence-electron chi connectivity index (χ1n) is 10.8. The number of Topliss-reactive ketones (excluding diaryl/α,β-unsaturated/α-hetero) is 1. The Labute approximate surface area is 205 Å². The summed E-state index contributed by atoms with van der Waals surface area (Å²) in [5, 5.41) is 8.15. The number of hydrogen-bond donors (Lipinski definition) is 2. The van der Waals surface area contributed by atoms with Gasteiger partial charge in [0, 0.05) is 17.2 Å². The van der Waals surface area contributed by atoms with Gasteiger partial charge in [0.2, 0.25) is 0 Å². The number of carbonyl (C=O) groups is 1. The van der Waals surface area contributed by atoms with Crippen molar-refractivity contribution < 1.29 is 4.79 Å². The predicted octanol–water partition coefficient (Wildman–Crippen LogP) is 7.56. The fraction of sp³-hybridized carbons (Fsp3) is 0.250. The van der Waals surface area contributed by atoms with Crippen LogP contribution < -0.4 is 10.6 Å². The average Bonchev–Trinajstić information content (AvgIpc) is 3.46. The Bertz CT molecular complexity index is 1310. The molecule has 0 saturated heterocycles. The van der Waals surface area contributed by atoms with Gasteiger partial charge in [-0.3, -0.25) is 4.79 Å². The number of nitrogens with zero attached hydrogens (tertiary/aromatic N) is 3. The van der Waals surface area contributed by atoms with Gasteiger partial charge in [-0.25, -0.2) is 15.0 Å². The minimum atomic E-state index is 0.167. The quantitative estimate of drug-likeness (QED) is 0.267. The Morgan fingerprint density at radius 2 is 1.67 bits per heavy atom. The van der Waals surface area contributed by atoms with Crippen LogP contribution in [0.1, 0.15) is 41.9 Å². The van der Waals surface area contributed by atoms with Gasteiger partial charge < -0.3 is 10.6 Å².